The first-order valence-electron chi connectivity index (χ1n) is 19.1. The Bertz CT molecular complexity index is 523. The van der Waals surface area contributed by atoms with E-state index in [0.29, 0.717) is 6.42 Å². The zero-order chi connectivity index (χ0) is 31.2. The highest BCUT2D eigenvalue weighted by molar-refractivity contribution is 5.75. The fourth-order valence-corrected chi connectivity index (χ4v) is 5.49. The summed E-state index contributed by atoms with van der Waals surface area (Å²) in [6, 6.07) is 0. The van der Waals surface area contributed by atoms with Gasteiger partial charge in [0.2, 0.25) is 11.8 Å². The van der Waals surface area contributed by atoms with E-state index in [-0.39, 0.29) is 11.8 Å². The van der Waals surface area contributed by atoms with E-state index in [1.54, 1.807) is 0 Å². The molecule has 0 aromatic rings. The van der Waals surface area contributed by atoms with Crippen molar-refractivity contribution >= 4 is 11.8 Å². The number of nitrogens with one attached hydrogen (secondary N) is 1. The molecule has 0 bridgehead atoms. The van der Waals surface area contributed by atoms with Crippen LogP contribution in [0.1, 0.15) is 226 Å². The molecule has 3 N–H and O–H groups in total. The monoisotopic (exact) mass is 595 g/mol. The molecule has 0 saturated carbocycles. The van der Waals surface area contributed by atoms with Crippen LogP contribution in [0.15, 0.2) is 0 Å². The topological polar surface area (TPSA) is 72.2 Å². The number of carbonyl (C=O) groups is 2. The smallest absolute Gasteiger partial charge is 0.219 e. The first-order valence-corrected chi connectivity index (χ1v) is 19.1. The molecule has 0 aliphatic carbocycles. The van der Waals surface area contributed by atoms with Crippen molar-refractivity contribution in [2.75, 3.05) is 6.54 Å². The van der Waals surface area contributed by atoms with Gasteiger partial charge in [0.15, 0.2) is 0 Å². The van der Waals surface area contributed by atoms with Crippen LogP contribution in [0.2, 0.25) is 0 Å². The van der Waals surface area contributed by atoms with Crippen molar-refractivity contribution in [3.05, 3.63) is 0 Å². The SMILES string of the molecule is CCCCCCCCCCCCCC(N)=O.CCCCCCCCCCCCCCCCCC(=O)NCCCCCC. The second-order valence-electron chi connectivity index (χ2n) is 12.9. The lowest BCUT2D eigenvalue weighted by Gasteiger charge is -2.05. The summed E-state index contributed by atoms with van der Waals surface area (Å²) < 4.78 is 0. The molecule has 0 aromatic heterocycles. The molecule has 4 heteroatoms. The molecule has 0 fully saturated rings. The van der Waals surface area contributed by atoms with Gasteiger partial charge >= 0.3 is 0 Å². The van der Waals surface area contributed by atoms with Crippen LogP contribution in [0, 0.1) is 0 Å². The van der Waals surface area contributed by atoms with Gasteiger partial charge in [0.25, 0.3) is 0 Å². The van der Waals surface area contributed by atoms with Gasteiger partial charge in [-0.3, -0.25) is 9.59 Å². The molecule has 42 heavy (non-hydrogen) atoms. The predicted octanol–water partition coefficient (Wildman–Crippen LogP) is 12.1. The molecule has 0 radical (unpaired) electrons. The van der Waals surface area contributed by atoms with Crippen molar-refractivity contribution in [1.29, 1.82) is 0 Å². The third-order valence-electron chi connectivity index (χ3n) is 8.39. The molecule has 0 spiro atoms. The van der Waals surface area contributed by atoms with Gasteiger partial charge in [0, 0.05) is 19.4 Å². The van der Waals surface area contributed by atoms with E-state index in [0.717, 1.165) is 32.2 Å². The summed E-state index contributed by atoms with van der Waals surface area (Å²) in [4.78, 5) is 22.2. The van der Waals surface area contributed by atoms with Crippen molar-refractivity contribution in [3.8, 4) is 0 Å². The summed E-state index contributed by atoms with van der Waals surface area (Å²) in [5, 5.41) is 3.05. The number of hydrogen-bond donors (Lipinski definition) is 2. The summed E-state index contributed by atoms with van der Waals surface area (Å²) in [5.74, 6) is 0.104. The molecule has 0 unspecified atom stereocenters. The summed E-state index contributed by atoms with van der Waals surface area (Å²) in [6.45, 7) is 7.63. The minimum atomic E-state index is -0.157. The zero-order valence-electron chi connectivity index (χ0n) is 29.2. The van der Waals surface area contributed by atoms with E-state index >= 15 is 0 Å². The van der Waals surface area contributed by atoms with Crippen molar-refractivity contribution < 1.29 is 9.59 Å². The van der Waals surface area contributed by atoms with Crippen LogP contribution in [-0.4, -0.2) is 18.4 Å². The average molecular weight is 595 g/mol. The third-order valence-corrected chi connectivity index (χ3v) is 8.39. The molecule has 0 aromatic carbocycles. The van der Waals surface area contributed by atoms with Crippen LogP contribution < -0.4 is 11.1 Å². The van der Waals surface area contributed by atoms with E-state index in [1.807, 2.05) is 0 Å². The second-order valence-corrected chi connectivity index (χ2v) is 12.9. The van der Waals surface area contributed by atoms with Crippen molar-refractivity contribution in [2.45, 2.75) is 226 Å². The molecule has 0 saturated heterocycles. The fourth-order valence-electron chi connectivity index (χ4n) is 5.49. The number of rotatable bonds is 33. The lowest BCUT2D eigenvalue weighted by atomic mass is 10.0. The van der Waals surface area contributed by atoms with Crippen LogP contribution in [-0.2, 0) is 9.59 Å². The van der Waals surface area contributed by atoms with Crippen LogP contribution >= 0.6 is 0 Å². The van der Waals surface area contributed by atoms with Crippen molar-refractivity contribution in [1.82, 2.24) is 5.32 Å². The lowest BCUT2D eigenvalue weighted by molar-refractivity contribution is -0.121. The predicted molar refractivity (Wildman–Crippen MR) is 187 cm³/mol. The number of primary amides is 1. The number of carbonyl (C=O) groups excluding carboxylic acids is 2. The van der Waals surface area contributed by atoms with Gasteiger partial charge in [-0.05, 0) is 19.3 Å². The fraction of sp³-hybridized carbons (Fsp3) is 0.947. The van der Waals surface area contributed by atoms with E-state index < -0.39 is 0 Å². The molecular weight excluding hydrogens is 516 g/mol. The zero-order valence-corrected chi connectivity index (χ0v) is 29.2. The van der Waals surface area contributed by atoms with Gasteiger partial charge in [0.05, 0.1) is 0 Å². The number of nitrogens with two attached hydrogens (primary N) is 1. The van der Waals surface area contributed by atoms with E-state index in [2.05, 4.69) is 26.1 Å². The molecule has 0 heterocycles. The maximum absolute atomic E-state index is 11.7. The Balaban J connectivity index is 0. The largest absolute Gasteiger partial charge is 0.370 e. The van der Waals surface area contributed by atoms with Gasteiger partial charge in [-0.2, -0.15) is 0 Å². The van der Waals surface area contributed by atoms with Crippen LogP contribution in [0.3, 0.4) is 0 Å². The van der Waals surface area contributed by atoms with Gasteiger partial charge in [-0.15, -0.1) is 0 Å². The number of unbranched alkanes of at least 4 members (excludes halogenated alkanes) is 27. The first-order chi connectivity index (χ1) is 20.6. The van der Waals surface area contributed by atoms with Gasteiger partial charge < -0.3 is 11.1 Å². The van der Waals surface area contributed by atoms with E-state index in [4.69, 9.17) is 5.73 Å². The second kappa shape index (κ2) is 39.9. The third kappa shape index (κ3) is 43.4. The Morgan fingerprint density at radius 1 is 0.381 bits per heavy atom. The number of hydrogen-bond acceptors (Lipinski definition) is 2. The van der Waals surface area contributed by atoms with Gasteiger partial charge in [-0.1, -0.05) is 194 Å². The Kier molecular flexibility index (Phi) is 41.0. The Hall–Kier alpha value is -1.06. The maximum atomic E-state index is 11.7. The molecule has 2 amide bonds. The van der Waals surface area contributed by atoms with Crippen molar-refractivity contribution in [2.24, 2.45) is 5.73 Å². The molecule has 0 atom stereocenters. The Labute approximate surface area is 264 Å². The average Bonchev–Trinajstić information content (AvgIpc) is 2.98. The molecule has 4 nitrogen and oxygen atoms in total. The van der Waals surface area contributed by atoms with E-state index in [9.17, 15) is 9.59 Å². The van der Waals surface area contributed by atoms with Crippen molar-refractivity contribution in [3.63, 3.8) is 0 Å². The lowest BCUT2D eigenvalue weighted by Crippen LogP contribution is -2.23. The normalized spacial score (nSPS) is 10.8. The summed E-state index contributed by atoms with van der Waals surface area (Å²) in [6.07, 6.45) is 41.3. The highest BCUT2D eigenvalue weighted by Crippen LogP contribution is 2.14. The van der Waals surface area contributed by atoms with Crippen LogP contribution in [0.5, 0.6) is 0 Å². The first kappa shape index (κ1) is 43.1. The molecule has 252 valence electrons. The summed E-state index contributed by atoms with van der Waals surface area (Å²) in [7, 11) is 0. The standard InChI is InChI=1S/C24H49NO.C14H29NO/c1-3-5-7-9-10-11-12-13-14-15-16-17-18-19-20-22-24(26)25-23-21-8-6-4-2;1-2-3-4-5-6-7-8-9-10-11-12-13-14(15)16/h3-23H2,1-2H3,(H,25,26);2-13H2,1H3,(H2,15,16). The molecule has 0 rings (SSSR count). The molecule has 0 aliphatic rings. The Morgan fingerprint density at radius 3 is 0.952 bits per heavy atom. The van der Waals surface area contributed by atoms with Crippen LogP contribution in [0.25, 0.3) is 0 Å². The van der Waals surface area contributed by atoms with Gasteiger partial charge in [0.1, 0.15) is 0 Å². The highest BCUT2D eigenvalue weighted by atomic mass is 16.1. The minimum absolute atomic E-state index is 0.157. The summed E-state index contributed by atoms with van der Waals surface area (Å²) in [5.41, 5.74) is 5.07. The van der Waals surface area contributed by atoms with Gasteiger partial charge in [-0.25, -0.2) is 0 Å². The minimum Gasteiger partial charge on any atom is -0.370 e. The molecule has 0 aliphatic heterocycles. The summed E-state index contributed by atoms with van der Waals surface area (Å²) >= 11 is 0. The quantitative estimate of drug-likeness (QED) is 0.0742. The Morgan fingerprint density at radius 2 is 0.643 bits per heavy atom. The molecular formula is C38H78N2O2. The van der Waals surface area contributed by atoms with E-state index in [1.165, 1.54) is 173 Å². The maximum Gasteiger partial charge on any atom is 0.219 e. The number of amides is 2. The highest BCUT2D eigenvalue weighted by Gasteiger charge is 2.01. The van der Waals surface area contributed by atoms with Crippen LogP contribution in [0.4, 0.5) is 0 Å².